The number of fused-ring (bicyclic) bond motifs is 15. The lowest BCUT2D eigenvalue weighted by atomic mass is 9.99. The Hall–Kier alpha value is -9.13. The van der Waals surface area contributed by atoms with Crippen LogP contribution in [0.15, 0.2) is 215 Å². The van der Waals surface area contributed by atoms with Crippen LogP contribution in [0, 0.1) is 0 Å². The zero-order chi connectivity index (χ0) is 43.7. The van der Waals surface area contributed by atoms with E-state index in [0.717, 1.165) is 98.8 Å². The molecule has 6 nitrogen and oxygen atoms in total. The van der Waals surface area contributed by atoms with Gasteiger partial charge in [-0.15, -0.1) is 0 Å². The molecule has 0 radical (unpaired) electrons. The van der Waals surface area contributed by atoms with Gasteiger partial charge in [0, 0.05) is 43.6 Å². The average Bonchev–Trinajstić information content (AvgIpc) is 4.07. The molecule has 4 aromatic heterocycles. The molecule has 0 spiro atoms. The zero-order valence-corrected chi connectivity index (χ0v) is 35.7. The van der Waals surface area contributed by atoms with Gasteiger partial charge in [-0.25, -0.2) is 15.0 Å². The van der Waals surface area contributed by atoms with E-state index in [-0.39, 0.29) is 0 Å². The molecule has 0 saturated carbocycles. The highest BCUT2D eigenvalue weighted by molar-refractivity contribution is 6.25. The van der Waals surface area contributed by atoms with Crippen LogP contribution in [-0.4, -0.2) is 19.5 Å². The fraction of sp³-hybridized carbons (Fsp3) is 0. The zero-order valence-electron chi connectivity index (χ0n) is 35.7. The van der Waals surface area contributed by atoms with Gasteiger partial charge >= 0.3 is 0 Å². The number of nitrogens with zero attached hydrogens (tertiary/aromatic N) is 4. The Morgan fingerprint density at radius 3 is 1.69 bits per heavy atom. The van der Waals surface area contributed by atoms with Crippen LogP contribution in [0.2, 0.25) is 0 Å². The number of hydrogen-bond acceptors (Lipinski definition) is 5. The third kappa shape index (κ3) is 5.29. The summed E-state index contributed by atoms with van der Waals surface area (Å²) in [6.07, 6.45) is 0. The summed E-state index contributed by atoms with van der Waals surface area (Å²) in [7, 11) is 0. The molecular weight excluding hydrogens is 821 g/mol. The van der Waals surface area contributed by atoms with Crippen LogP contribution in [0.25, 0.3) is 149 Å². The fourth-order valence-electron chi connectivity index (χ4n) is 10.8. The maximum atomic E-state index is 6.89. The van der Waals surface area contributed by atoms with Crippen LogP contribution >= 0.6 is 0 Å². The van der Waals surface area contributed by atoms with Crippen LogP contribution in [0.3, 0.4) is 0 Å². The van der Waals surface area contributed by atoms with Gasteiger partial charge in [-0.05, 0) is 97.7 Å². The van der Waals surface area contributed by atoms with E-state index in [1.807, 2.05) is 36.4 Å². The van der Waals surface area contributed by atoms with E-state index < -0.39 is 0 Å². The van der Waals surface area contributed by atoms with E-state index in [4.69, 9.17) is 23.8 Å². The normalized spacial score (nSPS) is 12.2. The van der Waals surface area contributed by atoms with E-state index in [1.54, 1.807) is 0 Å². The molecule has 0 amide bonds. The molecule has 0 bridgehead atoms. The highest BCUT2D eigenvalue weighted by atomic mass is 16.3. The maximum absolute atomic E-state index is 6.89. The fourth-order valence-corrected chi connectivity index (χ4v) is 10.8. The lowest BCUT2D eigenvalue weighted by molar-refractivity contribution is 0.669. The van der Waals surface area contributed by atoms with Crippen molar-refractivity contribution < 1.29 is 8.83 Å². The molecule has 0 aliphatic heterocycles. The summed E-state index contributed by atoms with van der Waals surface area (Å²) in [5, 5.41) is 15.7. The second-order valence-electron chi connectivity index (χ2n) is 17.5. The minimum absolute atomic E-state index is 0.507. The van der Waals surface area contributed by atoms with Crippen LogP contribution in [-0.2, 0) is 0 Å². The van der Waals surface area contributed by atoms with Crippen molar-refractivity contribution in [1.82, 2.24) is 19.5 Å². The molecule has 67 heavy (non-hydrogen) atoms. The lowest BCUT2D eigenvalue weighted by Gasteiger charge is -2.13. The third-order valence-electron chi connectivity index (χ3n) is 13.8. The second kappa shape index (κ2) is 13.7. The lowest BCUT2D eigenvalue weighted by Crippen LogP contribution is -2.01. The van der Waals surface area contributed by atoms with E-state index in [0.29, 0.717) is 17.5 Å². The molecule has 0 atom stereocenters. The molecule has 310 valence electrons. The Kier molecular flexibility index (Phi) is 7.40. The first kappa shape index (κ1) is 36.2. The Morgan fingerprint density at radius 1 is 0.299 bits per heavy atom. The molecule has 0 unspecified atom stereocenters. The summed E-state index contributed by atoms with van der Waals surface area (Å²) in [4.78, 5) is 16.1. The van der Waals surface area contributed by atoms with E-state index in [1.165, 1.54) is 32.3 Å². The quantitative estimate of drug-likeness (QED) is 0.176. The van der Waals surface area contributed by atoms with Crippen LogP contribution < -0.4 is 0 Å². The summed E-state index contributed by atoms with van der Waals surface area (Å²) >= 11 is 0. The number of aromatic nitrogens is 4. The minimum atomic E-state index is 0.507. The average molecular weight is 855 g/mol. The van der Waals surface area contributed by atoms with Crippen LogP contribution in [0.5, 0.6) is 0 Å². The van der Waals surface area contributed by atoms with Gasteiger partial charge in [-0.1, -0.05) is 152 Å². The van der Waals surface area contributed by atoms with Gasteiger partial charge in [0.2, 0.25) is 0 Å². The highest BCUT2D eigenvalue weighted by Crippen LogP contribution is 2.44. The monoisotopic (exact) mass is 854 g/mol. The SMILES string of the molecule is c1ccc2cc3c(cc2c1)c1c2ccccc2ccc1n3-c1ccc2c(c1)cc(-c1nc(-c3cccc4ccccc34)nc(-c3cccc4c3oc3ccccc34)n1)c1oc3ccccc3c12. The minimum Gasteiger partial charge on any atom is -0.455 e. The first-order valence-electron chi connectivity index (χ1n) is 22.6. The molecule has 0 N–H and O–H groups in total. The number of benzene rings is 11. The molecule has 0 aliphatic carbocycles. The molecule has 4 heterocycles. The molecule has 15 aromatic rings. The van der Waals surface area contributed by atoms with Crippen molar-refractivity contribution >= 4 is 109 Å². The van der Waals surface area contributed by atoms with Crippen molar-refractivity contribution in [3.63, 3.8) is 0 Å². The number of para-hydroxylation sites is 3. The summed E-state index contributed by atoms with van der Waals surface area (Å²) in [5.41, 5.74) is 8.90. The van der Waals surface area contributed by atoms with Gasteiger partial charge in [-0.2, -0.15) is 0 Å². The van der Waals surface area contributed by atoms with Crippen LogP contribution in [0.4, 0.5) is 0 Å². The Bertz CT molecular complexity index is 4590. The summed E-state index contributed by atoms with van der Waals surface area (Å²) in [6, 6.07) is 72.8. The summed E-state index contributed by atoms with van der Waals surface area (Å²) in [5.74, 6) is 1.58. The summed E-state index contributed by atoms with van der Waals surface area (Å²) < 4.78 is 15.9. The Morgan fingerprint density at radius 2 is 0.866 bits per heavy atom. The second-order valence-corrected chi connectivity index (χ2v) is 17.5. The number of hydrogen-bond donors (Lipinski definition) is 0. The Labute approximate surface area is 381 Å². The van der Waals surface area contributed by atoms with Gasteiger partial charge in [0.1, 0.15) is 22.3 Å². The van der Waals surface area contributed by atoms with Crippen molar-refractivity contribution in [3.05, 3.63) is 206 Å². The van der Waals surface area contributed by atoms with Crippen molar-refractivity contribution in [3.8, 4) is 39.9 Å². The van der Waals surface area contributed by atoms with Crippen molar-refractivity contribution in [2.75, 3.05) is 0 Å². The number of furan rings is 2. The maximum Gasteiger partial charge on any atom is 0.167 e. The third-order valence-corrected chi connectivity index (χ3v) is 13.8. The predicted molar refractivity (Wildman–Crippen MR) is 275 cm³/mol. The van der Waals surface area contributed by atoms with Crippen LogP contribution in [0.1, 0.15) is 0 Å². The predicted octanol–water partition coefficient (Wildman–Crippen LogP) is 16.4. The van der Waals surface area contributed by atoms with E-state index in [9.17, 15) is 0 Å². The summed E-state index contributed by atoms with van der Waals surface area (Å²) in [6.45, 7) is 0. The van der Waals surface area contributed by atoms with Gasteiger partial charge in [-0.3, -0.25) is 0 Å². The Balaban J connectivity index is 1.04. The first-order chi connectivity index (χ1) is 33.2. The molecule has 0 saturated heterocycles. The topological polar surface area (TPSA) is 69.9 Å². The van der Waals surface area contributed by atoms with Gasteiger partial charge in [0.05, 0.1) is 22.2 Å². The molecule has 6 heteroatoms. The van der Waals surface area contributed by atoms with Gasteiger partial charge < -0.3 is 13.4 Å². The standard InChI is InChI=1S/C61H34N4O2/c1-2-16-38-34-52-49(32-37(38)15-1)55-42-19-6-4-14-36(42)27-30-51(55)65(52)40-28-29-43-39(31-40)33-50(58-56(43)47-21-8-10-26-54(47)67-58)61-63-59(46-23-11-17-35-13-3-5-18-41(35)46)62-60(64-61)48-24-12-22-45-44-20-7-9-25-53(44)66-57(45)48/h1-34H. The highest BCUT2D eigenvalue weighted by Gasteiger charge is 2.24. The van der Waals surface area contributed by atoms with Crippen molar-refractivity contribution in [2.45, 2.75) is 0 Å². The van der Waals surface area contributed by atoms with Crippen molar-refractivity contribution in [1.29, 1.82) is 0 Å². The molecule has 0 fully saturated rings. The van der Waals surface area contributed by atoms with Gasteiger partial charge in [0.25, 0.3) is 0 Å². The molecule has 0 aliphatic rings. The smallest absolute Gasteiger partial charge is 0.167 e. The molecule has 15 rings (SSSR count). The number of rotatable bonds is 4. The van der Waals surface area contributed by atoms with Crippen molar-refractivity contribution in [2.24, 2.45) is 0 Å². The van der Waals surface area contributed by atoms with E-state index >= 15 is 0 Å². The molecular formula is C61H34N4O2. The first-order valence-corrected chi connectivity index (χ1v) is 22.6. The van der Waals surface area contributed by atoms with E-state index in [2.05, 4.69) is 174 Å². The molecule has 11 aromatic carbocycles. The largest absolute Gasteiger partial charge is 0.455 e. The van der Waals surface area contributed by atoms with Gasteiger partial charge in [0.15, 0.2) is 17.5 Å².